The fourth-order valence-electron chi connectivity index (χ4n) is 3.20. The first-order valence-corrected chi connectivity index (χ1v) is 10.4. The van der Waals surface area contributed by atoms with Crippen LogP contribution in [0.5, 0.6) is 5.75 Å². The number of hydrogen-bond acceptors (Lipinski definition) is 5. The highest BCUT2D eigenvalue weighted by atomic mass is 32.2. The smallest absolute Gasteiger partial charge is 0.246 e. The van der Waals surface area contributed by atoms with Crippen molar-refractivity contribution in [3.8, 4) is 5.75 Å². The van der Waals surface area contributed by atoms with Crippen molar-refractivity contribution in [1.82, 2.24) is 14.6 Å². The molecule has 0 bridgehead atoms. The highest BCUT2D eigenvalue weighted by Gasteiger charge is 2.35. The number of pyridine rings is 1. The summed E-state index contributed by atoms with van der Waals surface area (Å²) in [5, 5.41) is 2.84. The lowest BCUT2D eigenvalue weighted by molar-refractivity contribution is -0.126. The van der Waals surface area contributed by atoms with E-state index in [0.717, 1.165) is 17.7 Å². The van der Waals surface area contributed by atoms with Crippen molar-refractivity contribution in [2.45, 2.75) is 24.3 Å². The number of amides is 1. The Morgan fingerprint density at radius 1 is 1.32 bits per heavy atom. The van der Waals surface area contributed by atoms with Crippen molar-refractivity contribution >= 4 is 15.9 Å². The lowest BCUT2D eigenvalue weighted by Crippen LogP contribution is -2.45. The van der Waals surface area contributed by atoms with E-state index in [0.29, 0.717) is 19.4 Å². The number of benzene rings is 1. The second-order valence-corrected chi connectivity index (χ2v) is 8.48. The van der Waals surface area contributed by atoms with Gasteiger partial charge in [0, 0.05) is 32.0 Å². The van der Waals surface area contributed by atoms with E-state index in [1.54, 1.807) is 24.5 Å². The quantitative estimate of drug-likeness (QED) is 0.791. The van der Waals surface area contributed by atoms with E-state index in [4.69, 9.17) is 4.74 Å². The van der Waals surface area contributed by atoms with Crippen LogP contribution in [0.4, 0.5) is 4.39 Å². The maximum Gasteiger partial charge on any atom is 0.246 e. The summed E-state index contributed by atoms with van der Waals surface area (Å²) in [5.41, 5.74) is 0.910. The number of hydrogen-bond donors (Lipinski definition) is 1. The fraction of sp³-hybridized carbons (Fsp3) is 0.368. The number of carbonyl (C=O) groups excluding carboxylic acids is 1. The normalized spacial score (nSPS) is 17.9. The number of nitrogens with zero attached hydrogens (tertiary/aromatic N) is 2. The minimum atomic E-state index is -3.98. The SMILES string of the molecule is COc1ccc(F)cc1S(=O)(=O)N1CCC[C@@H](C(=O)NCc2ccncc2)C1. The highest BCUT2D eigenvalue weighted by Crippen LogP contribution is 2.30. The standard InChI is InChI=1S/C19H22FN3O4S/c1-27-17-5-4-16(20)11-18(17)28(25,26)23-10-2-3-15(13-23)19(24)22-12-14-6-8-21-9-7-14/h4-9,11,15H,2-3,10,12-13H2,1H3,(H,22,24)/t15-/m1/s1. The molecule has 2 aromatic rings. The van der Waals surface area contributed by atoms with E-state index in [1.807, 2.05) is 0 Å². The molecule has 7 nitrogen and oxygen atoms in total. The van der Waals surface area contributed by atoms with Crippen LogP contribution >= 0.6 is 0 Å². The zero-order valence-corrected chi connectivity index (χ0v) is 16.3. The second-order valence-electron chi connectivity index (χ2n) is 6.57. The van der Waals surface area contributed by atoms with Crippen molar-refractivity contribution in [1.29, 1.82) is 0 Å². The number of piperidine rings is 1. The number of methoxy groups -OCH3 is 1. The summed E-state index contributed by atoms with van der Waals surface area (Å²) in [6.07, 6.45) is 4.42. The molecule has 0 unspecified atom stereocenters. The van der Waals surface area contributed by atoms with E-state index in [9.17, 15) is 17.6 Å². The first kappa shape index (κ1) is 20.2. The van der Waals surface area contributed by atoms with E-state index < -0.39 is 21.8 Å². The molecule has 1 fully saturated rings. The van der Waals surface area contributed by atoms with Gasteiger partial charge < -0.3 is 10.1 Å². The summed E-state index contributed by atoms with van der Waals surface area (Å²) in [6, 6.07) is 6.97. The number of carbonyl (C=O) groups is 1. The van der Waals surface area contributed by atoms with Gasteiger partial charge in [-0.15, -0.1) is 0 Å². The van der Waals surface area contributed by atoms with Gasteiger partial charge in [-0.1, -0.05) is 0 Å². The molecule has 150 valence electrons. The maximum absolute atomic E-state index is 13.6. The Hall–Kier alpha value is -2.52. The number of sulfonamides is 1. The molecule has 2 heterocycles. The van der Waals surface area contributed by atoms with Crippen LogP contribution in [-0.2, 0) is 21.4 Å². The van der Waals surface area contributed by atoms with Crippen molar-refractivity contribution in [3.63, 3.8) is 0 Å². The Balaban J connectivity index is 1.72. The topological polar surface area (TPSA) is 88.6 Å². The third kappa shape index (κ3) is 4.48. The number of nitrogens with one attached hydrogen (secondary N) is 1. The second kappa shape index (κ2) is 8.66. The molecule has 28 heavy (non-hydrogen) atoms. The molecule has 0 spiro atoms. The van der Waals surface area contributed by atoms with Gasteiger partial charge in [-0.05, 0) is 48.7 Å². The highest BCUT2D eigenvalue weighted by molar-refractivity contribution is 7.89. The number of ether oxygens (including phenoxy) is 1. The molecule has 1 aliphatic heterocycles. The van der Waals surface area contributed by atoms with E-state index in [2.05, 4.69) is 10.3 Å². The molecule has 1 atom stereocenters. The lowest BCUT2D eigenvalue weighted by atomic mass is 9.99. The first-order valence-electron chi connectivity index (χ1n) is 8.92. The number of rotatable bonds is 6. The van der Waals surface area contributed by atoms with E-state index >= 15 is 0 Å². The summed E-state index contributed by atoms with van der Waals surface area (Å²) in [5.74, 6) is -1.26. The minimum Gasteiger partial charge on any atom is -0.495 e. The van der Waals surface area contributed by atoms with Gasteiger partial charge >= 0.3 is 0 Å². The van der Waals surface area contributed by atoms with Crippen molar-refractivity contribution < 1.29 is 22.3 Å². The zero-order valence-electron chi connectivity index (χ0n) is 15.5. The van der Waals surface area contributed by atoms with Crippen LogP contribution in [0, 0.1) is 11.7 Å². The summed E-state index contributed by atoms with van der Waals surface area (Å²) in [7, 11) is -2.65. The fourth-order valence-corrected chi connectivity index (χ4v) is 4.89. The van der Waals surface area contributed by atoms with Crippen LogP contribution in [0.3, 0.4) is 0 Å². The Morgan fingerprint density at radius 2 is 2.07 bits per heavy atom. The van der Waals surface area contributed by atoms with Crippen molar-refractivity contribution in [2.24, 2.45) is 5.92 Å². The van der Waals surface area contributed by atoms with Gasteiger partial charge in [0.1, 0.15) is 16.5 Å². The molecule has 3 rings (SSSR count). The van der Waals surface area contributed by atoms with Crippen LogP contribution in [0.1, 0.15) is 18.4 Å². The Bertz CT molecular complexity index is 937. The molecule has 1 aromatic heterocycles. The molecule has 1 aliphatic rings. The van der Waals surface area contributed by atoms with Crippen LogP contribution in [0.15, 0.2) is 47.6 Å². The van der Waals surface area contributed by atoms with Gasteiger partial charge in [-0.3, -0.25) is 9.78 Å². The molecule has 1 N–H and O–H groups in total. The summed E-state index contributed by atoms with van der Waals surface area (Å²) < 4.78 is 46.0. The molecule has 1 saturated heterocycles. The van der Waals surface area contributed by atoms with Gasteiger partial charge in [-0.25, -0.2) is 12.8 Å². The van der Waals surface area contributed by atoms with E-state index in [-0.39, 0.29) is 29.6 Å². The summed E-state index contributed by atoms with van der Waals surface area (Å²) in [6.45, 7) is 0.669. The van der Waals surface area contributed by atoms with Crippen molar-refractivity contribution in [3.05, 3.63) is 54.1 Å². The molecule has 1 aromatic carbocycles. The van der Waals surface area contributed by atoms with Gasteiger partial charge in [0.05, 0.1) is 13.0 Å². The Morgan fingerprint density at radius 3 is 2.79 bits per heavy atom. The average molecular weight is 407 g/mol. The van der Waals surface area contributed by atoms with Gasteiger partial charge in [0.15, 0.2) is 0 Å². The zero-order chi connectivity index (χ0) is 20.1. The van der Waals surface area contributed by atoms with Crippen LogP contribution in [0.2, 0.25) is 0 Å². The van der Waals surface area contributed by atoms with Gasteiger partial charge in [-0.2, -0.15) is 4.31 Å². The lowest BCUT2D eigenvalue weighted by Gasteiger charge is -2.31. The van der Waals surface area contributed by atoms with E-state index in [1.165, 1.54) is 17.5 Å². The Kier molecular flexibility index (Phi) is 6.25. The largest absolute Gasteiger partial charge is 0.495 e. The van der Waals surface area contributed by atoms with Gasteiger partial charge in [0.2, 0.25) is 15.9 Å². The van der Waals surface area contributed by atoms with Crippen LogP contribution < -0.4 is 10.1 Å². The summed E-state index contributed by atoms with van der Waals surface area (Å²) >= 11 is 0. The first-order chi connectivity index (χ1) is 13.4. The third-order valence-corrected chi connectivity index (χ3v) is 6.60. The monoisotopic (exact) mass is 407 g/mol. The molecule has 0 saturated carbocycles. The molecule has 0 radical (unpaired) electrons. The third-order valence-electron chi connectivity index (χ3n) is 4.71. The van der Waals surface area contributed by atoms with Crippen LogP contribution in [0.25, 0.3) is 0 Å². The van der Waals surface area contributed by atoms with Gasteiger partial charge in [0.25, 0.3) is 0 Å². The van der Waals surface area contributed by atoms with Crippen LogP contribution in [-0.4, -0.2) is 43.8 Å². The predicted octanol–water partition coefficient (Wildman–Crippen LogP) is 1.95. The Labute approximate surface area is 163 Å². The molecule has 9 heteroatoms. The van der Waals surface area contributed by atoms with Crippen molar-refractivity contribution in [2.75, 3.05) is 20.2 Å². The molecular formula is C19H22FN3O4S. The number of halogens is 1. The minimum absolute atomic E-state index is 0.0458. The predicted molar refractivity (Wildman–Crippen MR) is 101 cm³/mol. The molecular weight excluding hydrogens is 385 g/mol. The molecule has 1 amide bonds. The summed E-state index contributed by atoms with van der Waals surface area (Å²) in [4.78, 5) is 16.2. The molecule has 0 aliphatic carbocycles. The average Bonchev–Trinajstić information content (AvgIpc) is 2.72. The number of aromatic nitrogens is 1. The maximum atomic E-state index is 13.6.